The average Bonchev–Trinajstić information content (AvgIpc) is 3.13. The molecule has 4 rings (SSSR count). The molecule has 0 bridgehead atoms. The van der Waals surface area contributed by atoms with Gasteiger partial charge in [-0.05, 0) is 29.8 Å². The standard InChI is InChI=1S/C21H19F3N4O3/c1-28-11-13(10-25-28)26-20(29)17-3-2-14(22)19(27-17)18-15(23)8-12(9-16(18)24)21(30)4-6-31-7-5-21/h2-3,8-11,30H,4-7H2,1H3,(H,26,29). The van der Waals surface area contributed by atoms with Crippen LogP contribution in [-0.4, -0.2) is 39.0 Å². The summed E-state index contributed by atoms with van der Waals surface area (Å²) in [5.74, 6) is -3.87. The number of aryl methyl sites for hydroxylation is 1. The number of pyridine rings is 1. The van der Waals surface area contributed by atoms with E-state index in [-0.39, 0.29) is 37.3 Å². The second-order valence-electron chi connectivity index (χ2n) is 7.34. The molecule has 1 amide bonds. The van der Waals surface area contributed by atoms with Crippen LogP contribution in [0.2, 0.25) is 0 Å². The van der Waals surface area contributed by atoms with E-state index in [0.29, 0.717) is 5.69 Å². The molecule has 0 saturated carbocycles. The number of nitrogens with one attached hydrogen (secondary N) is 1. The van der Waals surface area contributed by atoms with Crippen molar-refractivity contribution in [1.82, 2.24) is 14.8 Å². The number of carbonyl (C=O) groups excluding carboxylic acids is 1. The number of benzene rings is 1. The van der Waals surface area contributed by atoms with Gasteiger partial charge in [0.2, 0.25) is 0 Å². The highest BCUT2D eigenvalue weighted by molar-refractivity contribution is 6.03. The van der Waals surface area contributed by atoms with E-state index in [1.807, 2.05) is 0 Å². The molecule has 1 aliphatic heterocycles. The van der Waals surface area contributed by atoms with Gasteiger partial charge in [-0.25, -0.2) is 18.2 Å². The van der Waals surface area contributed by atoms with E-state index in [0.717, 1.165) is 24.3 Å². The molecular weight excluding hydrogens is 413 g/mol. The number of carbonyl (C=O) groups is 1. The van der Waals surface area contributed by atoms with Gasteiger partial charge in [-0.3, -0.25) is 9.48 Å². The van der Waals surface area contributed by atoms with Gasteiger partial charge in [0.1, 0.15) is 28.8 Å². The van der Waals surface area contributed by atoms with E-state index in [1.54, 1.807) is 13.2 Å². The number of aliphatic hydroxyl groups is 1. The lowest BCUT2D eigenvalue weighted by molar-refractivity contribution is -0.0682. The second kappa shape index (κ2) is 8.12. The zero-order valence-electron chi connectivity index (χ0n) is 16.5. The molecule has 7 nitrogen and oxygen atoms in total. The Balaban J connectivity index is 1.69. The molecule has 2 aromatic heterocycles. The third-order valence-electron chi connectivity index (χ3n) is 5.18. The number of hydrogen-bond donors (Lipinski definition) is 2. The average molecular weight is 432 g/mol. The van der Waals surface area contributed by atoms with Crippen LogP contribution in [0.25, 0.3) is 11.3 Å². The Labute approximate surface area is 175 Å². The zero-order valence-corrected chi connectivity index (χ0v) is 16.5. The molecule has 162 valence electrons. The molecule has 0 atom stereocenters. The fourth-order valence-corrected chi connectivity index (χ4v) is 3.49. The highest BCUT2D eigenvalue weighted by Crippen LogP contribution is 2.36. The van der Waals surface area contributed by atoms with E-state index in [1.165, 1.54) is 10.9 Å². The maximum atomic E-state index is 14.9. The Morgan fingerprint density at radius 1 is 1.16 bits per heavy atom. The minimum atomic E-state index is -1.43. The minimum Gasteiger partial charge on any atom is -0.385 e. The minimum absolute atomic E-state index is 0.0421. The molecule has 1 aliphatic rings. The number of hydrogen-bond acceptors (Lipinski definition) is 5. The molecule has 3 heterocycles. The van der Waals surface area contributed by atoms with Crippen LogP contribution in [0, 0.1) is 17.5 Å². The molecule has 1 saturated heterocycles. The van der Waals surface area contributed by atoms with Crippen LogP contribution in [-0.2, 0) is 17.4 Å². The van der Waals surface area contributed by atoms with Gasteiger partial charge >= 0.3 is 0 Å². The summed E-state index contributed by atoms with van der Waals surface area (Å²) in [7, 11) is 1.66. The quantitative estimate of drug-likeness (QED) is 0.661. The van der Waals surface area contributed by atoms with Crippen molar-refractivity contribution in [2.75, 3.05) is 18.5 Å². The fraction of sp³-hybridized carbons (Fsp3) is 0.286. The molecule has 1 fully saturated rings. The molecule has 2 N–H and O–H groups in total. The number of amides is 1. The van der Waals surface area contributed by atoms with Crippen LogP contribution in [0.3, 0.4) is 0 Å². The third kappa shape index (κ3) is 4.17. The van der Waals surface area contributed by atoms with E-state index in [4.69, 9.17) is 4.74 Å². The molecular formula is C21H19F3N4O3. The first-order valence-electron chi connectivity index (χ1n) is 9.53. The Morgan fingerprint density at radius 3 is 2.45 bits per heavy atom. The van der Waals surface area contributed by atoms with Crippen LogP contribution in [0.1, 0.15) is 28.9 Å². The summed E-state index contributed by atoms with van der Waals surface area (Å²) >= 11 is 0. The monoisotopic (exact) mass is 432 g/mol. The molecule has 3 aromatic rings. The highest BCUT2D eigenvalue weighted by Gasteiger charge is 2.34. The largest absolute Gasteiger partial charge is 0.385 e. The van der Waals surface area contributed by atoms with Crippen molar-refractivity contribution in [1.29, 1.82) is 0 Å². The molecule has 0 unspecified atom stereocenters. The molecule has 31 heavy (non-hydrogen) atoms. The summed E-state index contributed by atoms with van der Waals surface area (Å²) < 4.78 is 50.9. The van der Waals surface area contributed by atoms with Crippen molar-refractivity contribution >= 4 is 11.6 Å². The Bertz CT molecular complexity index is 1120. The second-order valence-corrected chi connectivity index (χ2v) is 7.34. The normalized spacial score (nSPS) is 15.6. The number of anilines is 1. The van der Waals surface area contributed by atoms with E-state index < -0.39 is 40.2 Å². The zero-order chi connectivity index (χ0) is 22.2. The maximum Gasteiger partial charge on any atom is 0.274 e. The molecule has 0 aliphatic carbocycles. The van der Waals surface area contributed by atoms with Gasteiger partial charge in [0.05, 0.1) is 23.0 Å². The number of aromatic nitrogens is 3. The molecule has 1 aromatic carbocycles. The van der Waals surface area contributed by atoms with Crippen molar-refractivity contribution in [3.05, 3.63) is 65.4 Å². The van der Waals surface area contributed by atoms with Gasteiger partial charge in [-0.15, -0.1) is 0 Å². The number of halogens is 3. The summed E-state index contributed by atoms with van der Waals surface area (Å²) in [5.41, 5.74) is -2.60. The fourth-order valence-electron chi connectivity index (χ4n) is 3.49. The first-order valence-corrected chi connectivity index (χ1v) is 9.53. The molecule has 0 spiro atoms. The number of rotatable bonds is 4. The summed E-state index contributed by atoms with van der Waals surface area (Å²) in [5, 5.41) is 17.1. The summed E-state index contributed by atoms with van der Waals surface area (Å²) in [6.45, 7) is 0.511. The first-order chi connectivity index (χ1) is 14.8. The Kier molecular flexibility index (Phi) is 5.50. The Hall–Kier alpha value is -3.24. The summed E-state index contributed by atoms with van der Waals surface area (Å²) in [4.78, 5) is 16.3. The van der Waals surface area contributed by atoms with Crippen LogP contribution in [0.5, 0.6) is 0 Å². The maximum absolute atomic E-state index is 14.9. The lowest BCUT2D eigenvalue weighted by Crippen LogP contribution is -2.33. The highest BCUT2D eigenvalue weighted by atomic mass is 19.1. The SMILES string of the molecule is Cn1cc(NC(=O)c2ccc(F)c(-c3c(F)cc(C4(O)CCOCC4)cc3F)n2)cn1. The van der Waals surface area contributed by atoms with Crippen LogP contribution < -0.4 is 5.32 Å². The van der Waals surface area contributed by atoms with Crippen molar-refractivity contribution in [2.24, 2.45) is 7.05 Å². The van der Waals surface area contributed by atoms with Crippen LogP contribution >= 0.6 is 0 Å². The smallest absolute Gasteiger partial charge is 0.274 e. The van der Waals surface area contributed by atoms with Crippen molar-refractivity contribution in [2.45, 2.75) is 18.4 Å². The predicted octanol–water partition coefficient (Wildman–Crippen LogP) is 3.15. The van der Waals surface area contributed by atoms with Crippen molar-refractivity contribution in [3.63, 3.8) is 0 Å². The van der Waals surface area contributed by atoms with E-state index in [2.05, 4.69) is 15.4 Å². The lowest BCUT2D eigenvalue weighted by Gasteiger charge is -2.32. The van der Waals surface area contributed by atoms with Crippen LogP contribution in [0.4, 0.5) is 18.9 Å². The summed E-state index contributed by atoms with van der Waals surface area (Å²) in [6.07, 6.45) is 3.31. The van der Waals surface area contributed by atoms with Gasteiger partial charge in [0.15, 0.2) is 0 Å². The lowest BCUT2D eigenvalue weighted by atomic mass is 9.85. The van der Waals surface area contributed by atoms with Gasteiger partial charge in [0, 0.05) is 39.3 Å². The Morgan fingerprint density at radius 2 is 1.84 bits per heavy atom. The van der Waals surface area contributed by atoms with Gasteiger partial charge in [-0.1, -0.05) is 0 Å². The van der Waals surface area contributed by atoms with Gasteiger partial charge < -0.3 is 15.2 Å². The van der Waals surface area contributed by atoms with E-state index in [9.17, 15) is 23.1 Å². The molecule has 10 heteroatoms. The third-order valence-corrected chi connectivity index (χ3v) is 5.18. The first kappa shape index (κ1) is 21.0. The van der Waals surface area contributed by atoms with Crippen molar-refractivity contribution in [3.8, 4) is 11.3 Å². The topological polar surface area (TPSA) is 89.3 Å². The molecule has 0 radical (unpaired) electrons. The predicted molar refractivity (Wildman–Crippen MR) is 105 cm³/mol. The number of ether oxygens (including phenoxy) is 1. The van der Waals surface area contributed by atoms with E-state index >= 15 is 0 Å². The van der Waals surface area contributed by atoms with Gasteiger partial charge in [-0.2, -0.15) is 5.10 Å². The van der Waals surface area contributed by atoms with Gasteiger partial charge in [0.25, 0.3) is 5.91 Å². The number of nitrogens with zero attached hydrogens (tertiary/aromatic N) is 3. The van der Waals surface area contributed by atoms with Crippen LogP contribution in [0.15, 0.2) is 36.7 Å². The summed E-state index contributed by atoms with van der Waals surface area (Å²) in [6, 6.07) is 3.96. The van der Waals surface area contributed by atoms with Crippen molar-refractivity contribution < 1.29 is 27.8 Å².